The summed E-state index contributed by atoms with van der Waals surface area (Å²) >= 11 is 1.70. The molecule has 0 aliphatic carbocycles. The zero-order chi connectivity index (χ0) is 10.7. The third-order valence-electron chi connectivity index (χ3n) is 2.40. The Morgan fingerprint density at radius 2 is 2.20 bits per heavy atom. The van der Waals surface area contributed by atoms with E-state index in [0.717, 1.165) is 10.8 Å². The number of nitriles is 1. The maximum absolute atomic E-state index is 8.58. The number of aliphatic imine (C=N–C) groups is 1. The molecule has 0 saturated heterocycles. The van der Waals surface area contributed by atoms with Crippen molar-refractivity contribution in [2.45, 2.75) is 19.4 Å². The normalized spacial score (nSPS) is 19.7. The smallest absolute Gasteiger partial charge is 0.0853 e. The molecule has 1 aliphatic rings. The summed E-state index contributed by atoms with van der Waals surface area (Å²) in [7, 11) is 0. The minimum atomic E-state index is 0.249. The number of aryl methyl sites for hydroxylation is 1. The average Bonchev–Trinajstić information content (AvgIpc) is 2.68. The van der Waals surface area contributed by atoms with Crippen molar-refractivity contribution >= 4 is 16.8 Å². The molecule has 0 spiro atoms. The Kier molecular flexibility index (Phi) is 3.08. The molecule has 2 nitrogen and oxygen atoms in total. The lowest BCUT2D eigenvalue weighted by molar-refractivity contribution is 0.847. The monoisotopic (exact) mass is 216 g/mol. The number of thioether (sulfide) groups is 1. The molecule has 1 unspecified atom stereocenters. The summed E-state index contributed by atoms with van der Waals surface area (Å²) < 4.78 is 0. The van der Waals surface area contributed by atoms with Crippen molar-refractivity contribution in [1.82, 2.24) is 0 Å². The molecule has 1 aliphatic heterocycles. The molecule has 0 radical (unpaired) electrons. The molecule has 1 heterocycles. The summed E-state index contributed by atoms with van der Waals surface area (Å²) in [5.74, 6) is 0.972. The first-order valence-electron chi connectivity index (χ1n) is 4.92. The minimum Gasteiger partial charge on any atom is -0.273 e. The molecule has 0 amide bonds. The van der Waals surface area contributed by atoms with Crippen LogP contribution in [0, 0.1) is 18.3 Å². The molecule has 1 atom stereocenters. The van der Waals surface area contributed by atoms with Gasteiger partial charge in [0, 0.05) is 5.75 Å². The van der Waals surface area contributed by atoms with Gasteiger partial charge in [-0.15, -0.1) is 11.8 Å². The van der Waals surface area contributed by atoms with Crippen LogP contribution >= 0.6 is 11.8 Å². The van der Waals surface area contributed by atoms with Crippen molar-refractivity contribution in [3.05, 3.63) is 35.4 Å². The predicted octanol–water partition coefficient (Wildman–Crippen LogP) is 3.10. The number of benzene rings is 1. The van der Waals surface area contributed by atoms with E-state index in [0.29, 0.717) is 6.42 Å². The van der Waals surface area contributed by atoms with Crippen molar-refractivity contribution in [3.8, 4) is 6.07 Å². The van der Waals surface area contributed by atoms with Gasteiger partial charge < -0.3 is 0 Å². The van der Waals surface area contributed by atoms with E-state index >= 15 is 0 Å². The van der Waals surface area contributed by atoms with Crippen molar-refractivity contribution in [2.75, 3.05) is 5.75 Å². The molecule has 0 bridgehead atoms. The molecule has 76 valence electrons. The highest BCUT2D eigenvalue weighted by Crippen LogP contribution is 2.31. The number of hydrogen-bond acceptors (Lipinski definition) is 3. The van der Waals surface area contributed by atoms with Crippen molar-refractivity contribution < 1.29 is 0 Å². The fraction of sp³-hybridized carbons (Fsp3) is 0.333. The van der Waals surface area contributed by atoms with Gasteiger partial charge in [0.2, 0.25) is 0 Å². The van der Waals surface area contributed by atoms with Crippen LogP contribution in [-0.4, -0.2) is 10.8 Å². The Labute approximate surface area is 94.0 Å². The first kappa shape index (κ1) is 10.3. The highest BCUT2D eigenvalue weighted by molar-refractivity contribution is 8.14. The van der Waals surface area contributed by atoms with E-state index in [-0.39, 0.29) is 6.04 Å². The van der Waals surface area contributed by atoms with Crippen LogP contribution in [0.1, 0.15) is 23.6 Å². The lowest BCUT2D eigenvalue weighted by Crippen LogP contribution is -1.93. The van der Waals surface area contributed by atoms with Gasteiger partial charge >= 0.3 is 0 Å². The standard InChI is InChI=1S/C12H12N2S/c1-9-2-4-10(5-3-9)11-8-15-12(14-11)6-7-13/h2-5,11H,6,8H2,1H3. The topological polar surface area (TPSA) is 36.1 Å². The predicted molar refractivity (Wildman–Crippen MR) is 64.0 cm³/mol. The molecule has 2 rings (SSSR count). The lowest BCUT2D eigenvalue weighted by atomic mass is 10.1. The van der Waals surface area contributed by atoms with E-state index in [2.05, 4.69) is 42.3 Å². The van der Waals surface area contributed by atoms with Crippen molar-refractivity contribution in [3.63, 3.8) is 0 Å². The maximum atomic E-state index is 8.58. The lowest BCUT2D eigenvalue weighted by Gasteiger charge is -2.05. The zero-order valence-electron chi connectivity index (χ0n) is 8.60. The molecule has 1 aromatic rings. The summed E-state index contributed by atoms with van der Waals surface area (Å²) in [6.07, 6.45) is 0.451. The van der Waals surface area contributed by atoms with Crippen molar-refractivity contribution in [2.24, 2.45) is 4.99 Å². The largest absolute Gasteiger partial charge is 0.273 e. The molecular formula is C12H12N2S. The van der Waals surface area contributed by atoms with Crippen LogP contribution in [0.15, 0.2) is 29.3 Å². The van der Waals surface area contributed by atoms with Gasteiger partial charge in [-0.05, 0) is 12.5 Å². The van der Waals surface area contributed by atoms with Gasteiger partial charge in [0.1, 0.15) is 0 Å². The van der Waals surface area contributed by atoms with Gasteiger partial charge in [0.15, 0.2) is 0 Å². The quantitative estimate of drug-likeness (QED) is 0.761. The third-order valence-corrected chi connectivity index (χ3v) is 3.47. The van der Waals surface area contributed by atoms with Crippen LogP contribution in [0.5, 0.6) is 0 Å². The summed E-state index contributed by atoms with van der Waals surface area (Å²) in [5.41, 5.74) is 2.52. The molecule has 1 aromatic carbocycles. The molecule has 0 aromatic heterocycles. The van der Waals surface area contributed by atoms with Crippen LogP contribution < -0.4 is 0 Å². The Hall–Kier alpha value is -1.27. The average molecular weight is 216 g/mol. The minimum absolute atomic E-state index is 0.249. The van der Waals surface area contributed by atoms with E-state index in [1.54, 1.807) is 11.8 Å². The van der Waals surface area contributed by atoms with Crippen LogP contribution in [-0.2, 0) is 0 Å². The van der Waals surface area contributed by atoms with E-state index in [4.69, 9.17) is 5.26 Å². The Bertz CT molecular complexity index is 414. The van der Waals surface area contributed by atoms with Crippen LogP contribution in [0.25, 0.3) is 0 Å². The van der Waals surface area contributed by atoms with E-state index in [1.807, 2.05) is 0 Å². The van der Waals surface area contributed by atoms with Gasteiger partial charge in [-0.25, -0.2) is 0 Å². The zero-order valence-corrected chi connectivity index (χ0v) is 9.42. The second kappa shape index (κ2) is 4.50. The molecule has 3 heteroatoms. The van der Waals surface area contributed by atoms with Gasteiger partial charge in [0.05, 0.1) is 23.6 Å². The first-order valence-corrected chi connectivity index (χ1v) is 5.91. The molecule has 0 fully saturated rings. The molecule has 0 saturated carbocycles. The number of rotatable bonds is 2. The number of hydrogen-bond donors (Lipinski definition) is 0. The first-order chi connectivity index (χ1) is 7.29. The highest BCUT2D eigenvalue weighted by atomic mass is 32.2. The fourth-order valence-corrected chi connectivity index (χ4v) is 2.53. The summed E-state index contributed by atoms with van der Waals surface area (Å²) in [6.45, 7) is 2.08. The van der Waals surface area contributed by atoms with Crippen LogP contribution in [0.3, 0.4) is 0 Å². The van der Waals surface area contributed by atoms with Gasteiger partial charge in [-0.1, -0.05) is 29.8 Å². The van der Waals surface area contributed by atoms with Gasteiger partial charge in [0.25, 0.3) is 0 Å². The third kappa shape index (κ3) is 2.40. The van der Waals surface area contributed by atoms with Crippen LogP contribution in [0.2, 0.25) is 0 Å². The molecular weight excluding hydrogens is 204 g/mol. The van der Waals surface area contributed by atoms with Gasteiger partial charge in [-0.3, -0.25) is 4.99 Å². The maximum Gasteiger partial charge on any atom is 0.0853 e. The highest BCUT2D eigenvalue weighted by Gasteiger charge is 2.19. The molecule has 0 N–H and O–H groups in total. The Balaban J connectivity index is 2.14. The summed E-state index contributed by atoms with van der Waals surface area (Å²) in [5, 5.41) is 9.55. The molecule has 15 heavy (non-hydrogen) atoms. The Morgan fingerprint density at radius 3 is 2.87 bits per heavy atom. The second-order valence-corrected chi connectivity index (χ2v) is 4.69. The van der Waals surface area contributed by atoms with Crippen molar-refractivity contribution in [1.29, 1.82) is 5.26 Å². The van der Waals surface area contributed by atoms with Gasteiger partial charge in [-0.2, -0.15) is 5.26 Å². The van der Waals surface area contributed by atoms with E-state index in [1.165, 1.54) is 11.1 Å². The second-order valence-electron chi connectivity index (χ2n) is 3.60. The summed E-state index contributed by atoms with van der Waals surface area (Å²) in [4.78, 5) is 4.53. The van der Waals surface area contributed by atoms with Crippen LogP contribution in [0.4, 0.5) is 0 Å². The summed E-state index contributed by atoms with van der Waals surface area (Å²) in [6, 6.07) is 10.9. The fourth-order valence-electron chi connectivity index (χ4n) is 1.55. The SMILES string of the molecule is Cc1ccc(C2CSC(CC#N)=N2)cc1. The Morgan fingerprint density at radius 1 is 1.47 bits per heavy atom. The van der Waals surface area contributed by atoms with E-state index in [9.17, 15) is 0 Å². The van der Waals surface area contributed by atoms with E-state index < -0.39 is 0 Å². The number of nitrogens with zero attached hydrogens (tertiary/aromatic N) is 2.